The molecule has 214 valence electrons. The van der Waals surface area contributed by atoms with Gasteiger partial charge in [0.2, 0.25) is 0 Å². The molecular formula is C37H40Br2O2. The Morgan fingerprint density at radius 3 is 1.76 bits per heavy atom. The minimum absolute atomic E-state index is 0.453. The Labute approximate surface area is 262 Å². The van der Waals surface area contributed by atoms with Gasteiger partial charge in [0.15, 0.2) is 11.5 Å². The number of aryl methyl sites for hydroxylation is 2. The first kappa shape index (κ1) is 29.9. The van der Waals surface area contributed by atoms with E-state index in [1.807, 2.05) is 0 Å². The summed E-state index contributed by atoms with van der Waals surface area (Å²) in [7, 11) is 0. The summed E-state index contributed by atoms with van der Waals surface area (Å²) in [5.41, 5.74) is 9.50. The molecule has 0 aromatic heterocycles. The smallest absolute Gasteiger partial charge is 0.161 e. The van der Waals surface area contributed by atoms with Crippen molar-refractivity contribution in [3.05, 3.63) is 115 Å². The molecule has 0 amide bonds. The molecule has 1 aliphatic rings. The standard InChI is InChI=1S/C37H40Br2O2/c1-7-23(3)21-40-35-16-11-27(18-36(35)41-22-24(4)8-2)37(32-17-25(5)9-10-26(32)6)33-19-28(38)12-14-30(33)31-15-13-29(39)20-34(31)37/h9-20,23-24H,7-8,21-22H2,1-6H3. The number of hydrogen-bond acceptors (Lipinski definition) is 2. The van der Waals surface area contributed by atoms with Crippen LogP contribution in [-0.4, -0.2) is 13.2 Å². The second-order valence-corrected chi connectivity index (χ2v) is 13.6. The van der Waals surface area contributed by atoms with Crippen LogP contribution in [0.25, 0.3) is 11.1 Å². The molecule has 0 bridgehead atoms. The van der Waals surface area contributed by atoms with Crippen molar-refractivity contribution < 1.29 is 9.47 Å². The fourth-order valence-corrected chi connectivity index (χ4v) is 6.56. The van der Waals surface area contributed by atoms with Crippen molar-refractivity contribution in [2.24, 2.45) is 11.8 Å². The molecule has 41 heavy (non-hydrogen) atoms. The Kier molecular flexibility index (Phi) is 9.01. The highest BCUT2D eigenvalue weighted by atomic mass is 79.9. The first-order valence-electron chi connectivity index (χ1n) is 14.8. The summed E-state index contributed by atoms with van der Waals surface area (Å²) in [6.07, 6.45) is 2.15. The van der Waals surface area contributed by atoms with E-state index in [4.69, 9.17) is 9.47 Å². The average Bonchev–Trinajstić information content (AvgIpc) is 3.24. The highest BCUT2D eigenvalue weighted by molar-refractivity contribution is 9.10. The number of fused-ring (bicyclic) bond motifs is 3. The topological polar surface area (TPSA) is 18.5 Å². The van der Waals surface area contributed by atoms with E-state index in [9.17, 15) is 0 Å². The van der Waals surface area contributed by atoms with Crippen LogP contribution in [0.2, 0.25) is 0 Å². The van der Waals surface area contributed by atoms with Gasteiger partial charge in [-0.15, -0.1) is 0 Å². The molecule has 4 aromatic rings. The maximum absolute atomic E-state index is 6.57. The largest absolute Gasteiger partial charge is 0.489 e. The highest BCUT2D eigenvalue weighted by Gasteiger charge is 2.47. The lowest BCUT2D eigenvalue weighted by Gasteiger charge is -2.36. The van der Waals surface area contributed by atoms with E-state index in [-0.39, 0.29) is 0 Å². The lowest BCUT2D eigenvalue weighted by molar-refractivity contribution is 0.217. The first-order valence-corrected chi connectivity index (χ1v) is 16.4. The van der Waals surface area contributed by atoms with Gasteiger partial charge in [-0.05, 0) is 101 Å². The summed E-state index contributed by atoms with van der Waals surface area (Å²) in [5.74, 6) is 2.56. The number of hydrogen-bond donors (Lipinski definition) is 0. The third kappa shape index (κ3) is 5.62. The van der Waals surface area contributed by atoms with Crippen LogP contribution in [0.1, 0.15) is 73.9 Å². The second-order valence-electron chi connectivity index (χ2n) is 11.8. The molecule has 1 aliphatic carbocycles. The van der Waals surface area contributed by atoms with E-state index < -0.39 is 5.41 Å². The van der Waals surface area contributed by atoms with Crippen LogP contribution in [-0.2, 0) is 5.41 Å². The predicted molar refractivity (Wildman–Crippen MR) is 179 cm³/mol. The van der Waals surface area contributed by atoms with Crippen LogP contribution < -0.4 is 9.47 Å². The van der Waals surface area contributed by atoms with E-state index >= 15 is 0 Å². The highest BCUT2D eigenvalue weighted by Crippen LogP contribution is 2.58. The summed E-state index contributed by atoms with van der Waals surface area (Å²) in [5, 5.41) is 0. The van der Waals surface area contributed by atoms with Crippen molar-refractivity contribution in [3.8, 4) is 22.6 Å². The van der Waals surface area contributed by atoms with Gasteiger partial charge in [0.1, 0.15) is 0 Å². The van der Waals surface area contributed by atoms with Crippen molar-refractivity contribution in [1.29, 1.82) is 0 Å². The van der Waals surface area contributed by atoms with Gasteiger partial charge >= 0.3 is 0 Å². The molecule has 0 spiro atoms. The SMILES string of the molecule is CCC(C)COc1ccc(C2(c3cc(C)ccc3C)c3cc(Br)ccc3-c3ccc(Br)cc32)cc1OCC(C)CC. The fourth-order valence-electron chi connectivity index (χ4n) is 5.84. The second kappa shape index (κ2) is 12.4. The van der Waals surface area contributed by atoms with E-state index in [1.165, 1.54) is 44.5 Å². The van der Waals surface area contributed by atoms with Gasteiger partial charge in [0.05, 0.1) is 18.6 Å². The number of rotatable bonds is 10. The molecule has 4 aromatic carbocycles. The molecular weight excluding hydrogens is 636 g/mol. The minimum Gasteiger partial charge on any atom is -0.489 e. The summed E-state index contributed by atoms with van der Waals surface area (Å²) in [6, 6.07) is 26.9. The van der Waals surface area contributed by atoms with Gasteiger partial charge in [-0.25, -0.2) is 0 Å². The van der Waals surface area contributed by atoms with Crippen LogP contribution in [0.5, 0.6) is 11.5 Å². The predicted octanol–water partition coefficient (Wildman–Crippen LogP) is 11.0. The van der Waals surface area contributed by atoms with Crippen molar-refractivity contribution in [1.82, 2.24) is 0 Å². The summed E-state index contributed by atoms with van der Waals surface area (Å²) in [4.78, 5) is 0. The molecule has 0 saturated carbocycles. The molecule has 0 N–H and O–H groups in total. The van der Waals surface area contributed by atoms with Gasteiger partial charge < -0.3 is 9.47 Å². The van der Waals surface area contributed by atoms with Crippen LogP contribution >= 0.6 is 31.9 Å². The number of halogens is 2. The zero-order valence-electron chi connectivity index (χ0n) is 25.0. The van der Waals surface area contributed by atoms with Crippen molar-refractivity contribution in [2.45, 2.75) is 59.8 Å². The minimum atomic E-state index is -0.530. The molecule has 0 fully saturated rings. The molecule has 0 heterocycles. The van der Waals surface area contributed by atoms with Gasteiger partial charge in [-0.3, -0.25) is 0 Å². The summed E-state index contributed by atoms with van der Waals surface area (Å²) in [6.45, 7) is 14.6. The Bertz CT molecular complexity index is 1510. The lowest BCUT2D eigenvalue weighted by atomic mass is 9.66. The Morgan fingerprint density at radius 2 is 1.20 bits per heavy atom. The van der Waals surface area contributed by atoms with Gasteiger partial charge in [-0.1, -0.05) is 114 Å². The third-order valence-electron chi connectivity index (χ3n) is 8.68. The van der Waals surface area contributed by atoms with Crippen LogP contribution in [0.4, 0.5) is 0 Å². The fraction of sp³-hybridized carbons (Fsp3) is 0.351. The normalized spacial score (nSPS) is 14.7. The molecule has 2 nitrogen and oxygen atoms in total. The summed E-state index contributed by atoms with van der Waals surface area (Å²) >= 11 is 7.63. The third-order valence-corrected chi connectivity index (χ3v) is 9.66. The van der Waals surface area contributed by atoms with Gasteiger partial charge in [0.25, 0.3) is 0 Å². The van der Waals surface area contributed by atoms with Crippen molar-refractivity contribution in [3.63, 3.8) is 0 Å². The quantitative estimate of drug-likeness (QED) is 0.147. The lowest BCUT2D eigenvalue weighted by Crippen LogP contribution is -2.30. The first-order chi connectivity index (χ1) is 19.7. The molecule has 4 heteroatoms. The Balaban J connectivity index is 1.82. The van der Waals surface area contributed by atoms with Gasteiger partial charge in [0, 0.05) is 8.95 Å². The van der Waals surface area contributed by atoms with E-state index in [0.717, 1.165) is 33.3 Å². The zero-order valence-corrected chi connectivity index (χ0v) is 28.2. The molecule has 0 aliphatic heterocycles. The Hall–Kier alpha value is -2.56. The molecule has 5 rings (SSSR count). The Morgan fingerprint density at radius 1 is 0.634 bits per heavy atom. The number of ether oxygens (including phenoxy) is 2. The van der Waals surface area contributed by atoms with E-state index in [0.29, 0.717) is 25.0 Å². The maximum Gasteiger partial charge on any atom is 0.161 e. The van der Waals surface area contributed by atoms with Crippen LogP contribution in [0.15, 0.2) is 81.7 Å². The maximum atomic E-state index is 6.57. The molecule has 2 unspecified atom stereocenters. The number of benzene rings is 4. The molecule has 2 atom stereocenters. The van der Waals surface area contributed by atoms with Crippen LogP contribution in [0, 0.1) is 25.7 Å². The monoisotopic (exact) mass is 674 g/mol. The molecule has 0 saturated heterocycles. The van der Waals surface area contributed by atoms with E-state index in [1.54, 1.807) is 0 Å². The average molecular weight is 677 g/mol. The van der Waals surface area contributed by atoms with Crippen molar-refractivity contribution >= 4 is 31.9 Å². The summed E-state index contributed by atoms with van der Waals surface area (Å²) < 4.78 is 15.1. The zero-order chi connectivity index (χ0) is 29.3. The van der Waals surface area contributed by atoms with Crippen LogP contribution in [0.3, 0.4) is 0 Å². The van der Waals surface area contributed by atoms with Crippen molar-refractivity contribution in [2.75, 3.05) is 13.2 Å². The van der Waals surface area contributed by atoms with E-state index in [2.05, 4.69) is 146 Å². The van der Waals surface area contributed by atoms with Gasteiger partial charge in [-0.2, -0.15) is 0 Å². The molecule has 0 radical (unpaired) electrons.